The van der Waals surface area contributed by atoms with E-state index in [4.69, 9.17) is 48.4 Å². The molecule has 0 aromatic carbocycles. The van der Waals surface area contributed by atoms with Gasteiger partial charge in [0.2, 0.25) is 0 Å². The number of hydrogen-bond donors (Lipinski definition) is 2. The van der Waals surface area contributed by atoms with Crippen LogP contribution in [0.15, 0.2) is 0 Å². The fourth-order valence-electron chi connectivity index (χ4n) is 2.69. The Balaban J connectivity index is 3.30. The Morgan fingerprint density at radius 2 is 1.29 bits per heavy atom. The largest absolute Gasteiger partial charge is 0.409 e. The summed E-state index contributed by atoms with van der Waals surface area (Å²) in [7, 11) is -4.57. The zero-order valence-corrected chi connectivity index (χ0v) is 24.9. The van der Waals surface area contributed by atoms with Gasteiger partial charge in [-0.25, -0.2) is 0 Å². The first-order valence-corrected chi connectivity index (χ1v) is 17.5. The van der Waals surface area contributed by atoms with Crippen LogP contribution in [0.1, 0.15) is 48.5 Å². The minimum atomic E-state index is -2.35. The SMILES string of the molecule is C[C@@H]1O[C@@H](NC(=O)C(Cl)(Cl)Cl)[C@@H](O[Si](C)(C)C(C)(C)C)[C@H](O)[C@@H]1O[Si](C)(C)C(C)(C)C. The summed E-state index contributed by atoms with van der Waals surface area (Å²) in [4.78, 5) is 12.4. The van der Waals surface area contributed by atoms with Gasteiger partial charge in [0.25, 0.3) is 9.70 Å². The van der Waals surface area contributed by atoms with Crippen LogP contribution in [0.2, 0.25) is 36.3 Å². The molecule has 31 heavy (non-hydrogen) atoms. The van der Waals surface area contributed by atoms with E-state index in [-0.39, 0.29) is 10.1 Å². The van der Waals surface area contributed by atoms with Gasteiger partial charge < -0.3 is 24.0 Å². The highest BCUT2D eigenvalue weighted by Gasteiger charge is 2.53. The second-order valence-corrected chi connectivity index (χ2v) is 23.2. The molecule has 0 unspecified atom stereocenters. The van der Waals surface area contributed by atoms with Crippen molar-refractivity contribution in [3.63, 3.8) is 0 Å². The summed E-state index contributed by atoms with van der Waals surface area (Å²) >= 11 is 17.2. The maximum atomic E-state index is 12.4. The highest BCUT2D eigenvalue weighted by molar-refractivity contribution is 6.76. The van der Waals surface area contributed by atoms with Gasteiger partial charge in [0.05, 0.1) is 12.2 Å². The Morgan fingerprint density at radius 1 is 0.903 bits per heavy atom. The van der Waals surface area contributed by atoms with Crippen molar-refractivity contribution in [1.29, 1.82) is 0 Å². The van der Waals surface area contributed by atoms with Crippen molar-refractivity contribution in [3.8, 4) is 0 Å². The van der Waals surface area contributed by atoms with Crippen LogP contribution < -0.4 is 5.32 Å². The molecule has 5 atom stereocenters. The van der Waals surface area contributed by atoms with E-state index in [0.29, 0.717) is 0 Å². The summed E-state index contributed by atoms with van der Waals surface area (Å²) in [5.41, 5.74) is 0. The smallest absolute Gasteiger partial charge is 0.274 e. The van der Waals surface area contributed by atoms with E-state index in [0.717, 1.165) is 0 Å². The van der Waals surface area contributed by atoms with Crippen LogP contribution in [0, 0.1) is 0 Å². The molecule has 1 aliphatic rings. The van der Waals surface area contributed by atoms with Gasteiger partial charge >= 0.3 is 0 Å². The molecule has 11 heteroatoms. The van der Waals surface area contributed by atoms with E-state index in [1.54, 1.807) is 6.92 Å². The van der Waals surface area contributed by atoms with Crippen LogP contribution in [-0.2, 0) is 18.4 Å². The number of carbonyl (C=O) groups is 1. The summed E-state index contributed by atoms with van der Waals surface area (Å²) in [5.74, 6) is -0.838. The molecule has 0 spiro atoms. The van der Waals surface area contributed by atoms with Gasteiger partial charge in [-0.1, -0.05) is 76.3 Å². The number of nitrogens with one attached hydrogen (secondary N) is 1. The highest BCUT2D eigenvalue weighted by Crippen LogP contribution is 2.42. The highest BCUT2D eigenvalue weighted by atomic mass is 35.6. The van der Waals surface area contributed by atoms with Crippen molar-refractivity contribution < 1.29 is 23.5 Å². The van der Waals surface area contributed by atoms with Crippen molar-refractivity contribution in [2.45, 2.75) is 119 Å². The average molecular weight is 537 g/mol. The van der Waals surface area contributed by atoms with Gasteiger partial charge in [-0.2, -0.15) is 0 Å². The lowest BCUT2D eigenvalue weighted by molar-refractivity contribution is -0.216. The van der Waals surface area contributed by atoms with Crippen LogP contribution in [-0.4, -0.2) is 62.1 Å². The Kier molecular flexibility index (Phi) is 9.27. The summed E-state index contributed by atoms with van der Waals surface area (Å²) in [6.07, 6.45) is -4.02. The first-order chi connectivity index (χ1) is 13.5. The predicted octanol–water partition coefficient (Wildman–Crippen LogP) is 5.36. The van der Waals surface area contributed by atoms with E-state index in [1.165, 1.54) is 0 Å². The number of amides is 1. The topological polar surface area (TPSA) is 77.0 Å². The molecule has 0 bridgehead atoms. The van der Waals surface area contributed by atoms with Gasteiger partial charge in [0.15, 0.2) is 22.9 Å². The molecule has 1 saturated heterocycles. The Bertz CT molecular complexity index is 644. The molecule has 1 amide bonds. The predicted molar refractivity (Wildman–Crippen MR) is 133 cm³/mol. The van der Waals surface area contributed by atoms with E-state index in [9.17, 15) is 9.90 Å². The molecule has 0 aliphatic carbocycles. The standard InChI is InChI=1S/C20H40Cl3NO5Si2/c1-12-14(28-30(8,9)18(2,3)4)13(25)15(29-31(10,11)19(5,6)7)16(27-12)24-17(26)20(21,22)23/h12-16,25H,1-11H3,(H,24,26)/t12-,13+,14+,15-,16+/m0/s1. The molecule has 1 aliphatic heterocycles. The number of carbonyl (C=O) groups excluding carboxylic acids is 1. The van der Waals surface area contributed by atoms with Gasteiger partial charge in [-0.3, -0.25) is 4.79 Å². The quantitative estimate of drug-likeness (QED) is 0.365. The molecule has 2 N–H and O–H groups in total. The first-order valence-electron chi connectivity index (χ1n) is 10.6. The number of aliphatic hydroxyl groups is 1. The third-order valence-corrected chi connectivity index (χ3v) is 16.3. The minimum absolute atomic E-state index is 0.0528. The van der Waals surface area contributed by atoms with Crippen molar-refractivity contribution in [3.05, 3.63) is 0 Å². The molecular weight excluding hydrogens is 497 g/mol. The zero-order valence-electron chi connectivity index (χ0n) is 20.6. The maximum absolute atomic E-state index is 12.4. The average Bonchev–Trinajstić information content (AvgIpc) is 2.52. The van der Waals surface area contributed by atoms with Crippen LogP contribution in [0.5, 0.6) is 0 Å². The van der Waals surface area contributed by atoms with Gasteiger partial charge in [0.1, 0.15) is 12.2 Å². The molecule has 1 fully saturated rings. The Hall–Kier alpha value is 0.614. The maximum Gasteiger partial charge on any atom is 0.274 e. The summed E-state index contributed by atoms with van der Waals surface area (Å²) in [6.45, 7) is 22.8. The van der Waals surface area contributed by atoms with Gasteiger partial charge in [0, 0.05) is 0 Å². The van der Waals surface area contributed by atoms with Crippen LogP contribution in [0.4, 0.5) is 0 Å². The molecule has 184 valence electrons. The van der Waals surface area contributed by atoms with Crippen molar-refractivity contribution >= 4 is 57.3 Å². The lowest BCUT2D eigenvalue weighted by Gasteiger charge is -2.50. The lowest BCUT2D eigenvalue weighted by atomic mass is 9.99. The van der Waals surface area contributed by atoms with Crippen molar-refractivity contribution in [2.75, 3.05) is 0 Å². The molecule has 1 heterocycles. The van der Waals surface area contributed by atoms with Gasteiger partial charge in [-0.15, -0.1) is 0 Å². The molecule has 1 rings (SSSR count). The van der Waals surface area contributed by atoms with E-state index >= 15 is 0 Å². The number of ether oxygens (including phenoxy) is 1. The first kappa shape index (κ1) is 29.6. The number of halogens is 3. The normalized spacial score (nSPS) is 29.1. The molecule has 0 saturated carbocycles. The minimum Gasteiger partial charge on any atom is -0.409 e. The summed E-state index contributed by atoms with van der Waals surface area (Å²) in [5, 5.41) is 13.8. The third kappa shape index (κ3) is 7.30. The third-order valence-electron chi connectivity index (χ3n) is 6.80. The summed E-state index contributed by atoms with van der Waals surface area (Å²) in [6, 6.07) is 0. The monoisotopic (exact) mass is 535 g/mol. The second-order valence-electron chi connectivity index (χ2n) is 11.4. The van der Waals surface area contributed by atoms with E-state index in [2.05, 4.69) is 73.0 Å². The molecular formula is C20H40Cl3NO5Si2. The van der Waals surface area contributed by atoms with Crippen LogP contribution in [0.25, 0.3) is 0 Å². The molecule has 6 nitrogen and oxygen atoms in total. The lowest BCUT2D eigenvalue weighted by Crippen LogP contribution is -2.67. The van der Waals surface area contributed by atoms with Crippen LogP contribution in [0.3, 0.4) is 0 Å². The number of alkyl halides is 3. The van der Waals surface area contributed by atoms with Gasteiger partial charge in [-0.05, 0) is 43.2 Å². The van der Waals surface area contributed by atoms with E-state index < -0.39 is 57.0 Å². The molecule has 0 aromatic rings. The van der Waals surface area contributed by atoms with Crippen molar-refractivity contribution in [1.82, 2.24) is 5.32 Å². The summed E-state index contributed by atoms with van der Waals surface area (Å²) < 4.78 is 17.0. The Morgan fingerprint density at radius 3 is 1.65 bits per heavy atom. The number of aliphatic hydroxyl groups excluding tert-OH is 1. The van der Waals surface area contributed by atoms with E-state index in [1.807, 2.05) is 0 Å². The molecule has 0 aromatic heterocycles. The Labute approximate surface area is 204 Å². The fourth-order valence-corrected chi connectivity index (χ4v) is 5.51. The van der Waals surface area contributed by atoms with Crippen LogP contribution >= 0.6 is 34.8 Å². The second kappa shape index (κ2) is 9.70. The number of hydrogen-bond acceptors (Lipinski definition) is 5. The molecule has 0 radical (unpaired) electrons. The number of rotatable bonds is 5. The van der Waals surface area contributed by atoms with Crippen molar-refractivity contribution in [2.24, 2.45) is 0 Å². The fraction of sp³-hybridized carbons (Fsp3) is 0.950. The zero-order chi connectivity index (χ0) is 24.8.